The smallest absolute Gasteiger partial charge is 0.0656 e. The lowest BCUT2D eigenvalue weighted by molar-refractivity contribution is 0.0113. The second-order valence-corrected chi connectivity index (χ2v) is 4.01. The Bertz CT molecular complexity index is 139. The molecule has 0 aromatic heterocycles. The van der Waals surface area contributed by atoms with Crippen LogP contribution < -0.4 is 5.73 Å². The molecule has 13 heavy (non-hydrogen) atoms. The molecule has 3 nitrogen and oxygen atoms in total. The number of likely N-dealkylation sites (N-methyl/N-ethyl adjacent to an activating group) is 1. The summed E-state index contributed by atoms with van der Waals surface area (Å²) in [5.74, 6) is 0. The van der Waals surface area contributed by atoms with Gasteiger partial charge in [0, 0.05) is 19.7 Å². The molecular formula is C10H24N2O. The predicted molar refractivity (Wildman–Crippen MR) is 56.9 cm³/mol. The zero-order chi connectivity index (χ0) is 10.5. The van der Waals surface area contributed by atoms with Crippen LogP contribution in [-0.4, -0.2) is 43.3 Å². The predicted octanol–water partition coefficient (Wildman–Crippen LogP) is 1.08. The van der Waals surface area contributed by atoms with E-state index in [9.17, 15) is 0 Å². The highest BCUT2D eigenvalue weighted by Crippen LogP contribution is 2.17. The third-order valence-corrected chi connectivity index (χ3v) is 2.55. The highest BCUT2D eigenvalue weighted by Gasteiger charge is 2.30. The van der Waals surface area contributed by atoms with Gasteiger partial charge in [-0.1, -0.05) is 6.92 Å². The molecule has 0 aromatic carbocycles. The quantitative estimate of drug-likeness (QED) is 0.678. The van der Waals surface area contributed by atoms with Crippen molar-refractivity contribution in [1.29, 1.82) is 0 Å². The van der Waals surface area contributed by atoms with Crippen molar-refractivity contribution in [3.63, 3.8) is 0 Å². The normalized spacial score (nSPS) is 16.6. The maximum absolute atomic E-state index is 5.79. The third-order valence-electron chi connectivity index (χ3n) is 2.55. The summed E-state index contributed by atoms with van der Waals surface area (Å²) < 4.78 is 5.21. The van der Waals surface area contributed by atoms with Gasteiger partial charge in [-0.25, -0.2) is 0 Å². The first-order chi connectivity index (χ1) is 6.01. The van der Waals surface area contributed by atoms with Crippen molar-refractivity contribution in [2.75, 3.05) is 26.8 Å². The Morgan fingerprint density at radius 1 is 1.46 bits per heavy atom. The Morgan fingerprint density at radius 3 is 2.23 bits per heavy atom. The third kappa shape index (κ3) is 3.25. The van der Waals surface area contributed by atoms with Crippen molar-refractivity contribution >= 4 is 0 Å². The average molecular weight is 188 g/mol. The van der Waals surface area contributed by atoms with E-state index in [2.05, 4.69) is 32.6 Å². The summed E-state index contributed by atoms with van der Waals surface area (Å²) in [7, 11) is 1.72. The Kier molecular flexibility index (Phi) is 5.53. The van der Waals surface area contributed by atoms with Gasteiger partial charge in [-0.3, -0.25) is 4.90 Å². The molecule has 0 rings (SSSR count). The summed E-state index contributed by atoms with van der Waals surface area (Å²) >= 11 is 0. The number of hydrogen-bond donors (Lipinski definition) is 1. The van der Waals surface area contributed by atoms with Gasteiger partial charge in [0.2, 0.25) is 0 Å². The van der Waals surface area contributed by atoms with Gasteiger partial charge in [-0.2, -0.15) is 0 Å². The molecule has 0 saturated heterocycles. The molecule has 0 aromatic rings. The molecule has 0 radical (unpaired) electrons. The zero-order valence-corrected chi connectivity index (χ0v) is 9.63. The van der Waals surface area contributed by atoms with Gasteiger partial charge in [0.05, 0.1) is 12.1 Å². The number of methoxy groups -OCH3 is 1. The van der Waals surface area contributed by atoms with E-state index < -0.39 is 0 Å². The van der Waals surface area contributed by atoms with Crippen LogP contribution in [0.2, 0.25) is 0 Å². The molecule has 0 aliphatic rings. The highest BCUT2D eigenvalue weighted by molar-refractivity contribution is 4.88. The molecule has 0 aliphatic carbocycles. The molecule has 1 unspecified atom stereocenters. The van der Waals surface area contributed by atoms with Crippen molar-refractivity contribution in [2.24, 2.45) is 5.73 Å². The molecule has 0 fully saturated rings. The van der Waals surface area contributed by atoms with Gasteiger partial charge in [-0.05, 0) is 27.3 Å². The first-order valence-electron chi connectivity index (χ1n) is 4.97. The molecular weight excluding hydrogens is 164 g/mol. The Hall–Kier alpha value is -0.120. The van der Waals surface area contributed by atoms with E-state index in [0.717, 1.165) is 6.54 Å². The van der Waals surface area contributed by atoms with Crippen LogP contribution in [0.1, 0.15) is 27.7 Å². The van der Waals surface area contributed by atoms with Crippen molar-refractivity contribution in [2.45, 2.75) is 39.3 Å². The van der Waals surface area contributed by atoms with Crippen LogP contribution in [0, 0.1) is 0 Å². The molecule has 0 heterocycles. The van der Waals surface area contributed by atoms with Crippen molar-refractivity contribution in [3.05, 3.63) is 0 Å². The SMILES string of the molecule is CCN(C(C)C)C(C)(CN)COC. The maximum atomic E-state index is 5.79. The van der Waals surface area contributed by atoms with Crippen LogP contribution in [0.5, 0.6) is 0 Å². The van der Waals surface area contributed by atoms with Crippen molar-refractivity contribution in [1.82, 2.24) is 4.90 Å². The minimum absolute atomic E-state index is 0.0301. The van der Waals surface area contributed by atoms with E-state index in [0.29, 0.717) is 19.2 Å². The van der Waals surface area contributed by atoms with Gasteiger partial charge in [0.25, 0.3) is 0 Å². The van der Waals surface area contributed by atoms with Crippen LogP contribution in [0.25, 0.3) is 0 Å². The fourth-order valence-electron chi connectivity index (χ4n) is 1.94. The first-order valence-corrected chi connectivity index (χ1v) is 4.97. The van der Waals surface area contributed by atoms with Crippen LogP contribution in [0.4, 0.5) is 0 Å². The number of hydrogen-bond acceptors (Lipinski definition) is 3. The number of rotatable bonds is 6. The molecule has 0 spiro atoms. The summed E-state index contributed by atoms with van der Waals surface area (Å²) in [6, 6.07) is 0.508. The number of nitrogens with two attached hydrogens (primary N) is 1. The fourth-order valence-corrected chi connectivity index (χ4v) is 1.94. The minimum Gasteiger partial charge on any atom is -0.383 e. The lowest BCUT2D eigenvalue weighted by atomic mass is 9.99. The van der Waals surface area contributed by atoms with Gasteiger partial charge >= 0.3 is 0 Å². The summed E-state index contributed by atoms with van der Waals surface area (Å²) in [6.07, 6.45) is 0. The molecule has 80 valence electrons. The van der Waals surface area contributed by atoms with Crippen molar-refractivity contribution < 1.29 is 4.74 Å². The lowest BCUT2D eigenvalue weighted by Crippen LogP contribution is -2.57. The van der Waals surface area contributed by atoms with Crippen LogP contribution >= 0.6 is 0 Å². The Balaban J connectivity index is 4.48. The monoisotopic (exact) mass is 188 g/mol. The van der Waals surface area contributed by atoms with E-state index in [-0.39, 0.29) is 5.54 Å². The second-order valence-electron chi connectivity index (χ2n) is 4.01. The Morgan fingerprint density at radius 2 is 2.00 bits per heavy atom. The van der Waals surface area contributed by atoms with E-state index in [4.69, 9.17) is 10.5 Å². The van der Waals surface area contributed by atoms with E-state index in [1.807, 2.05) is 0 Å². The van der Waals surface area contributed by atoms with E-state index >= 15 is 0 Å². The molecule has 1 atom stereocenters. The fraction of sp³-hybridized carbons (Fsp3) is 1.00. The van der Waals surface area contributed by atoms with E-state index in [1.165, 1.54) is 0 Å². The van der Waals surface area contributed by atoms with Crippen LogP contribution in [-0.2, 0) is 4.74 Å². The number of nitrogens with zero attached hydrogens (tertiary/aromatic N) is 1. The minimum atomic E-state index is -0.0301. The summed E-state index contributed by atoms with van der Waals surface area (Å²) in [6.45, 7) is 11.0. The maximum Gasteiger partial charge on any atom is 0.0656 e. The zero-order valence-electron chi connectivity index (χ0n) is 9.63. The first kappa shape index (κ1) is 12.9. The number of ether oxygens (including phenoxy) is 1. The van der Waals surface area contributed by atoms with Gasteiger partial charge in [0.15, 0.2) is 0 Å². The highest BCUT2D eigenvalue weighted by atomic mass is 16.5. The van der Waals surface area contributed by atoms with Crippen molar-refractivity contribution in [3.8, 4) is 0 Å². The summed E-state index contributed by atoms with van der Waals surface area (Å²) in [5.41, 5.74) is 5.76. The second kappa shape index (κ2) is 5.58. The summed E-state index contributed by atoms with van der Waals surface area (Å²) in [5, 5.41) is 0. The van der Waals surface area contributed by atoms with E-state index in [1.54, 1.807) is 7.11 Å². The largest absolute Gasteiger partial charge is 0.383 e. The standard InChI is InChI=1S/C10H24N2O/c1-6-12(9(2)3)10(4,7-11)8-13-5/h9H,6-8,11H2,1-5H3. The molecule has 0 aliphatic heterocycles. The lowest BCUT2D eigenvalue weighted by Gasteiger charge is -2.42. The van der Waals surface area contributed by atoms with Gasteiger partial charge in [0.1, 0.15) is 0 Å². The molecule has 0 saturated carbocycles. The molecule has 0 bridgehead atoms. The summed E-state index contributed by atoms with van der Waals surface area (Å²) in [4.78, 5) is 2.37. The van der Waals surface area contributed by atoms with Gasteiger partial charge in [-0.15, -0.1) is 0 Å². The molecule has 3 heteroatoms. The van der Waals surface area contributed by atoms with Gasteiger partial charge < -0.3 is 10.5 Å². The average Bonchev–Trinajstić information content (AvgIpc) is 2.05. The topological polar surface area (TPSA) is 38.5 Å². The van der Waals surface area contributed by atoms with Crippen LogP contribution in [0.15, 0.2) is 0 Å². The molecule has 2 N–H and O–H groups in total. The Labute approximate surface area is 82.2 Å². The molecule has 0 amide bonds. The van der Waals surface area contributed by atoms with Crippen LogP contribution in [0.3, 0.4) is 0 Å².